The SMILES string of the molecule is C=C(CS)Cn1ncc(N2CCC(OC)CC2)cc1=O. The van der Waals surface area contributed by atoms with E-state index in [9.17, 15) is 4.79 Å². The third kappa shape index (κ3) is 3.64. The lowest BCUT2D eigenvalue weighted by Gasteiger charge is -2.32. The molecule has 1 aromatic rings. The van der Waals surface area contributed by atoms with E-state index in [0.29, 0.717) is 18.4 Å². The fraction of sp³-hybridized carbons (Fsp3) is 0.571. The van der Waals surface area contributed by atoms with E-state index in [1.807, 2.05) is 0 Å². The van der Waals surface area contributed by atoms with Crippen LogP contribution >= 0.6 is 12.6 Å². The van der Waals surface area contributed by atoms with Gasteiger partial charge in [0.05, 0.1) is 24.5 Å². The van der Waals surface area contributed by atoms with Gasteiger partial charge in [0.2, 0.25) is 0 Å². The first-order valence-electron chi connectivity index (χ1n) is 6.76. The molecule has 1 aromatic heterocycles. The van der Waals surface area contributed by atoms with E-state index in [2.05, 4.69) is 29.2 Å². The van der Waals surface area contributed by atoms with Gasteiger partial charge in [-0.3, -0.25) is 4.79 Å². The number of thiol groups is 1. The van der Waals surface area contributed by atoms with Gasteiger partial charge in [0, 0.05) is 32.0 Å². The number of hydrogen-bond donors (Lipinski definition) is 1. The smallest absolute Gasteiger partial charge is 0.269 e. The van der Waals surface area contributed by atoms with Crippen molar-refractivity contribution in [2.45, 2.75) is 25.5 Å². The number of rotatable bonds is 5. The first kappa shape index (κ1) is 15.1. The maximum absolute atomic E-state index is 12.0. The fourth-order valence-corrected chi connectivity index (χ4v) is 2.43. The van der Waals surface area contributed by atoms with Crippen LogP contribution in [0, 0.1) is 0 Å². The molecule has 0 bridgehead atoms. The molecule has 0 aliphatic carbocycles. The zero-order valence-electron chi connectivity index (χ0n) is 11.8. The molecule has 2 heterocycles. The van der Waals surface area contributed by atoms with Gasteiger partial charge in [-0.25, -0.2) is 4.68 Å². The second-order valence-electron chi connectivity index (χ2n) is 5.04. The topological polar surface area (TPSA) is 47.4 Å². The molecule has 1 saturated heterocycles. The van der Waals surface area contributed by atoms with Gasteiger partial charge < -0.3 is 9.64 Å². The van der Waals surface area contributed by atoms with Crippen LogP contribution in [0.2, 0.25) is 0 Å². The lowest BCUT2D eigenvalue weighted by Crippen LogP contribution is -2.37. The van der Waals surface area contributed by atoms with E-state index in [1.54, 1.807) is 19.4 Å². The molecule has 6 heteroatoms. The molecular weight excluding hydrogens is 274 g/mol. The average Bonchev–Trinajstić information content (AvgIpc) is 2.49. The average molecular weight is 295 g/mol. The van der Waals surface area contributed by atoms with Crippen molar-refractivity contribution >= 4 is 18.3 Å². The molecule has 2 rings (SSSR count). The summed E-state index contributed by atoms with van der Waals surface area (Å²) in [6, 6.07) is 1.64. The quantitative estimate of drug-likeness (QED) is 0.658. The molecule has 1 fully saturated rings. The standard InChI is InChI=1S/C14H21N3O2S/c1-11(10-20)9-17-14(18)7-12(8-15-17)16-5-3-13(19-2)4-6-16/h7-8,13,20H,1,3-6,9-10H2,2H3. The predicted octanol–water partition coefficient (Wildman–Crippen LogP) is 1.34. The minimum atomic E-state index is -0.0979. The highest BCUT2D eigenvalue weighted by atomic mass is 32.1. The van der Waals surface area contributed by atoms with Crippen molar-refractivity contribution in [3.63, 3.8) is 0 Å². The molecule has 1 aliphatic heterocycles. The number of piperidine rings is 1. The van der Waals surface area contributed by atoms with Gasteiger partial charge in [0.15, 0.2) is 0 Å². The van der Waals surface area contributed by atoms with Gasteiger partial charge in [-0.05, 0) is 18.4 Å². The second-order valence-corrected chi connectivity index (χ2v) is 5.36. The van der Waals surface area contributed by atoms with Crippen LogP contribution in [0.1, 0.15) is 12.8 Å². The van der Waals surface area contributed by atoms with Crippen molar-refractivity contribution in [2.75, 3.05) is 30.9 Å². The fourth-order valence-electron chi connectivity index (χ4n) is 2.33. The summed E-state index contributed by atoms with van der Waals surface area (Å²) in [5.74, 6) is 0.556. The number of hydrogen-bond acceptors (Lipinski definition) is 5. The van der Waals surface area contributed by atoms with E-state index in [1.165, 1.54) is 4.68 Å². The lowest BCUT2D eigenvalue weighted by molar-refractivity contribution is 0.0819. The number of aromatic nitrogens is 2. The molecule has 110 valence electrons. The molecule has 5 nitrogen and oxygen atoms in total. The zero-order valence-corrected chi connectivity index (χ0v) is 12.7. The maximum Gasteiger partial charge on any atom is 0.269 e. The Morgan fingerprint density at radius 3 is 2.80 bits per heavy atom. The third-order valence-corrected chi connectivity index (χ3v) is 4.04. The van der Waals surface area contributed by atoms with Gasteiger partial charge in [-0.15, -0.1) is 0 Å². The first-order chi connectivity index (χ1) is 9.63. The van der Waals surface area contributed by atoms with Crippen molar-refractivity contribution in [1.82, 2.24) is 9.78 Å². The van der Waals surface area contributed by atoms with E-state index >= 15 is 0 Å². The second kappa shape index (κ2) is 6.95. The van der Waals surface area contributed by atoms with Crippen molar-refractivity contribution in [3.05, 3.63) is 34.8 Å². The Balaban J connectivity index is 2.06. The number of nitrogens with zero attached hydrogens (tertiary/aromatic N) is 3. The van der Waals surface area contributed by atoms with Crippen LogP contribution in [-0.2, 0) is 11.3 Å². The zero-order chi connectivity index (χ0) is 14.5. The summed E-state index contributed by atoms with van der Waals surface area (Å²) in [7, 11) is 1.75. The molecule has 0 radical (unpaired) electrons. The van der Waals surface area contributed by atoms with E-state index in [4.69, 9.17) is 4.74 Å². The summed E-state index contributed by atoms with van der Waals surface area (Å²) < 4.78 is 6.77. The van der Waals surface area contributed by atoms with Crippen LogP contribution in [0.25, 0.3) is 0 Å². The van der Waals surface area contributed by atoms with Crippen LogP contribution in [0.4, 0.5) is 5.69 Å². The minimum Gasteiger partial charge on any atom is -0.381 e. The molecule has 20 heavy (non-hydrogen) atoms. The molecule has 1 aliphatic rings. The Kier molecular flexibility index (Phi) is 5.25. The molecule has 0 unspecified atom stereocenters. The van der Waals surface area contributed by atoms with Crippen molar-refractivity contribution in [2.24, 2.45) is 0 Å². The van der Waals surface area contributed by atoms with Crippen LogP contribution in [0.5, 0.6) is 0 Å². The van der Waals surface area contributed by atoms with Crippen LogP contribution < -0.4 is 10.5 Å². The van der Waals surface area contributed by atoms with Crippen molar-refractivity contribution in [1.29, 1.82) is 0 Å². The Morgan fingerprint density at radius 2 is 2.25 bits per heavy atom. The Hall–Kier alpha value is -1.27. The number of ether oxygens (including phenoxy) is 1. The Labute approximate surface area is 124 Å². The van der Waals surface area contributed by atoms with Gasteiger partial charge in [0.25, 0.3) is 5.56 Å². The molecular formula is C14H21N3O2S. The summed E-state index contributed by atoms with van der Waals surface area (Å²) in [4.78, 5) is 14.2. The molecule has 0 N–H and O–H groups in total. The summed E-state index contributed by atoms with van der Waals surface area (Å²) in [5, 5.41) is 4.22. The summed E-state index contributed by atoms with van der Waals surface area (Å²) >= 11 is 4.14. The van der Waals surface area contributed by atoms with Crippen molar-refractivity contribution < 1.29 is 4.74 Å². The van der Waals surface area contributed by atoms with Crippen LogP contribution in [-0.4, -0.2) is 41.8 Å². The lowest BCUT2D eigenvalue weighted by atomic mass is 10.1. The highest BCUT2D eigenvalue weighted by molar-refractivity contribution is 7.80. The molecule has 0 saturated carbocycles. The van der Waals surface area contributed by atoms with Gasteiger partial charge >= 0.3 is 0 Å². The first-order valence-corrected chi connectivity index (χ1v) is 7.39. The molecule has 0 atom stereocenters. The van der Waals surface area contributed by atoms with Gasteiger partial charge in [-0.1, -0.05) is 6.58 Å². The normalized spacial score (nSPS) is 16.4. The van der Waals surface area contributed by atoms with E-state index in [-0.39, 0.29) is 5.56 Å². The highest BCUT2D eigenvalue weighted by Crippen LogP contribution is 2.18. The summed E-state index contributed by atoms with van der Waals surface area (Å²) in [5.41, 5.74) is 1.66. The van der Waals surface area contributed by atoms with Gasteiger partial charge in [0.1, 0.15) is 0 Å². The number of methoxy groups -OCH3 is 1. The Bertz CT molecular complexity index is 521. The van der Waals surface area contributed by atoms with Crippen molar-refractivity contribution in [3.8, 4) is 0 Å². The predicted molar refractivity (Wildman–Crippen MR) is 83.7 cm³/mol. The van der Waals surface area contributed by atoms with E-state index in [0.717, 1.165) is 37.2 Å². The molecule has 0 amide bonds. The number of anilines is 1. The summed E-state index contributed by atoms with van der Waals surface area (Å²) in [6.45, 7) is 6.06. The van der Waals surface area contributed by atoms with Crippen LogP contribution in [0.15, 0.2) is 29.2 Å². The third-order valence-electron chi connectivity index (χ3n) is 3.59. The Morgan fingerprint density at radius 1 is 1.55 bits per heavy atom. The minimum absolute atomic E-state index is 0.0979. The highest BCUT2D eigenvalue weighted by Gasteiger charge is 2.19. The summed E-state index contributed by atoms with van der Waals surface area (Å²) in [6.07, 6.45) is 4.05. The molecule has 0 spiro atoms. The maximum atomic E-state index is 12.0. The van der Waals surface area contributed by atoms with Crippen LogP contribution in [0.3, 0.4) is 0 Å². The van der Waals surface area contributed by atoms with Gasteiger partial charge in [-0.2, -0.15) is 17.7 Å². The monoisotopic (exact) mass is 295 g/mol. The van der Waals surface area contributed by atoms with E-state index < -0.39 is 0 Å². The molecule has 0 aromatic carbocycles. The largest absolute Gasteiger partial charge is 0.381 e.